The molecule has 0 amide bonds. The molecule has 0 unspecified atom stereocenters. The number of fused-ring (bicyclic) bond motifs is 1. The van der Waals surface area contributed by atoms with Crippen molar-refractivity contribution >= 4 is 16.6 Å². The van der Waals surface area contributed by atoms with Gasteiger partial charge in [0.05, 0.1) is 0 Å². The maximum Gasteiger partial charge on any atom is 0.0477 e. The minimum atomic E-state index is 1.21. The molecule has 0 aliphatic carbocycles. The third kappa shape index (κ3) is 1.41. The molecule has 1 N–H and O–H groups in total. The van der Waals surface area contributed by atoms with Crippen molar-refractivity contribution in [2.75, 3.05) is 18.0 Å². The van der Waals surface area contributed by atoms with Crippen molar-refractivity contribution < 1.29 is 0 Å². The highest BCUT2D eigenvalue weighted by Gasteiger charge is 2.12. The Morgan fingerprint density at radius 3 is 2.80 bits per heavy atom. The first kappa shape index (κ1) is 8.84. The minimum absolute atomic E-state index is 1.21. The van der Waals surface area contributed by atoms with Crippen molar-refractivity contribution in [1.29, 1.82) is 0 Å². The fourth-order valence-electron chi connectivity index (χ4n) is 2.43. The molecule has 2 aromatic rings. The van der Waals surface area contributed by atoms with Gasteiger partial charge >= 0.3 is 0 Å². The van der Waals surface area contributed by atoms with E-state index in [9.17, 15) is 0 Å². The number of nitrogens with zero attached hydrogens (tertiary/aromatic N) is 1. The molecule has 15 heavy (non-hydrogen) atoms. The molecule has 0 saturated carbocycles. The van der Waals surface area contributed by atoms with Gasteiger partial charge in [-0.1, -0.05) is 6.07 Å². The lowest BCUT2D eigenvalue weighted by Gasteiger charge is -2.17. The fourth-order valence-corrected chi connectivity index (χ4v) is 2.43. The molecule has 1 fully saturated rings. The number of rotatable bonds is 1. The molecule has 1 aliphatic heterocycles. The van der Waals surface area contributed by atoms with E-state index in [1.165, 1.54) is 48.1 Å². The Labute approximate surface area is 89.9 Å². The molecule has 0 atom stereocenters. The van der Waals surface area contributed by atoms with Gasteiger partial charge in [0.15, 0.2) is 0 Å². The fraction of sp³-hybridized carbons (Fsp3) is 0.385. The Bertz CT molecular complexity index is 478. The van der Waals surface area contributed by atoms with Crippen LogP contribution in [0.2, 0.25) is 0 Å². The molecule has 0 radical (unpaired) electrons. The summed E-state index contributed by atoms with van der Waals surface area (Å²) in [6.07, 6.45) is 4.75. The summed E-state index contributed by atoms with van der Waals surface area (Å²) >= 11 is 0. The van der Waals surface area contributed by atoms with Crippen LogP contribution in [-0.4, -0.2) is 18.1 Å². The Morgan fingerprint density at radius 2 is 2.00 bits per heavy atom. The number of benzene rings is 1. The zero-order valence-electron chi connectivity index (χ0n) is 9.09. The number of anilines is 1. The quantitative estimate of drug-likeness (QED) is 0.749. The molecule has 2 nitrogen and oxygen atoms in total. The number of aromatic amines is 1. The molecule has 1 aromatic carbocycles. The lowest BCUT2D eigenvalue weighted by Crippen LogP contribution is -2.17. The van der Waals surface area contributed by atoms with Gasteiger partial charge in [0, 0.05) is 35.9 Å². The number of nitrogens with one attached hydrogen (secondary N) is 1. The summed E-state index contributed by atoms with van der Waals surface area (Å²) < 4.78 is 0. The molecule has 2 heterocycles. The topological polar surface area (TPSA) is 19.0 Å². The first-order chi connectivity index (χ1) is 7.34. The second-order valence-electron chi connectivity index (χ2n) is 4.40. The molecule has 1 saturated heterocycles. The van der Waals surface area contributed by atoms with Crippen molar-refractivity contribution in [1.82, 2.24) is 4.98 Å². The highest BCUT2D eigenvalue weighted by atomic mass is 15.1. The van der Waals surface area contributed by atoms with E-state index in [1.807, 2.05) is 0 Å². The standard InChI is InChI=1S/C13H16N2/c1-10-9-14-13-8-11(4-5-12(10)13)15-6-2-3-7-15/h4-5,8-9,14H,2-3,6-7H2,1H3. The van der Waals surface area contributed by atoms with Crippen LogP contribution in [-0.2, 0) is 0 Å². The van der Waals surface area contributed by atoms with Gasteiger partial charge in [-0.05, 0) is 37.5 Å². The maximum absolute atomic E-state index is 3.33. The van der Waals surface area contributed by atoms with E-state index in [4.69, 9.17) is 0 Å². The van der Waals surface area contributed by atoms with E-state index >= 15 is 0 Å². The van der Waals surface area contributed by atoms with Crippen molar-refractivity contribution in [3.63, 3.8) is 0 Å². The van der Waals surface area contributed by atoms with Crippen LogP contribution in [0.15, 0.2) is 24.4 Å². The Balaban J connectivity index is 2.05. The smallest absolute Gasteiger partial charge is 0.0477 e. The van der Waals surface area contributed by atoms with Crippen LogP contribution in [0.25, 0.3) is 10.9 Å². The number of aryl methyl sites for hydroxylation is 1. The second kappa shape index (κ2) is 3.30. The Hall–Kier alpha value is -1.44. The van der Waals surface area contributed by atoms with E-state index < -0.39 is 0 Å². The first-order valence-corrected chi connectivity index (χ1v) is 5.67. The Kier molecular flexibility index (Phi) is 1.94. The van der Waals surface area contributed by atoms with Crippen LogP contribution in [0.4, 0.5) is 5.69 Å². The summed E-state index contributed by atoms with van der Waals surface area (Å²) in [4.78, 5) is 5.79. The van der Waals surface area contributed by atoms with E-state index in [1.54, 1.807) is 0 Å². The van der Waals surface area contributed by atoms with Crippen molar-refractivity contribution in [3.05, 3.63) is 30.0 Å². The third-order valence-corrected chi connectivity index (χ3v) is 3.34. The number of aromatic nitrogens is 1. The van der Waals surface area contributed by atoms with Crippen molar-refractivity contribution in [3.8, 4) is 0 Å². The van der Waals surface area contributed by atoms with E-state index in [0.717, 1.165) is 0 Å². The SMILES string of the molecule is Cc1c[nH]c2cc(N3CCCC3)ccc12. The summed E-state index contributed by atoms with van der Waals surface area (Å²) in [6.45, 7) is 4.57. The average molecular weight is 200 g/mol. The van der Waals surface area contributed by atoms with Gasteiger partial charge < -0.3 is 9.88 Å². The maximum atomic E-state index is 3.33. The van der Waals surface area contributed by atoms with Crippen LogP contribution in [0, 0.1) is 6.92 Å². The van der Waals surface area contributed by atoms with Crippen molar-refractivity contribution in [2.45, 2.75) is 19.8 Å². The molecule has 1 aliphatic rings. The number of hydrogen-bond donors (Lipinski definition) is 1. The highest BCUT2D eigenvalue weighted by Crippen LogP contribution is 2.25. The molecular weight excluding hydrogens is 184 g/mol. The van der Waals surface area contributed by atoms with Crippen LogP contribution < -0.4 is 4.90 Å². The first-order valence-electron chi connectivity index (χ1n) is 5.67. The highest BCUT2D eigenvalue weighted by molar-refractivity contribution is 5.86. The predicted molar refractivity (Wildman–Crippen MR) is 64.5 cm³/mol. The van der Waals surface area contributed by atoms with Crippen LogP contribution >= 0.6 is 0 Å². The minimum Gasteiger partial charge on any atom is -0.371 e. The van der Waals surface area contributed by atoms with Gasteiger partial charge in [-0.3, -0.25) is 0 Å². The summed E-state index contributed by atoms with van der Waals surface area (Å²) in [5, 5.41) is 1.35. The summed E-state index contributed by atoms with van der Waals surface area (Å²) in [6, 6.07) is 6.75. The van der Waals surface area contributed by atoms with E-state index in [2.05, 4.69) is 41.2 Å². The zero-order chi connectivity index (χ0) is 10.3. The van der Waals surface area contributed by atoms with E-state index in [0.29, 0.717) is 0 Å². The molecule has 3 rings (SSSR count). The van der Waals surface area contributed by atoms with Gasteiger partial charge in [0.2, 0.25) is 0 Å². The van der Waals surface area contributed by atoms with Crippen LogP contribution in [0.3, 0.4) is 0 Å². The monoisotopic (exact) mass is 200 g/mol. The second-order valence-corrected chi connectivity index (χ2v) is 4.40. The van der Waals surface area contributed by atoms with Crippen LogP contribution in [0.1, 0.15) is 18.4 Å². The molecule has 0 spiro atoms. The largest absolute Gasteiger partial charge is 0.371 e. The Morgan fingerprint density at radius 1 is 1.20 bits per heavy atom. The van der Waals surface area contributed by atoms with Gasteiger partial charge in [0.25, 0.3) is 0 Å². The molecule has 1 aromatic heterocycles. The normalized spacial score (nSPS) is 16.5. The lowest BCUT2D eigenvalue weighted by atomic mass is 10.2. The summed E-state index contributed by atoms with van der Waals surface area (Å²) in [5.74, 6) is 0. The molecule has 78 valence electrons. The van der Waals surface area contributed by atoms with Gasteiger partial charge in [-0.25, -0.2) is 0 Å². The summed E-state index contributed by atoms with van der Waals surface area (Å²) in [5.41, 5.74) is 3.96. The average Bonchev–Trinajstić information content (AvgIpc) is 2.88. The molecular formula is C13H16N2. The van der Waals surface area contributed by atoms with Gasteiger partial charge in [-0.15, -0.1) is 0 Å². The zero-order valence-corrected chi connectivity index (χ0v) is 9.09. The molecule has 0 bridgehead atoms. The number of hydrogen-bond acceptors (Lipinski definition) is 1. The van der Waals surface area contributed by atoms with E-state index in [-0.39, 0.29) is 0 Å². The number of H-pyrrole nitrogens is 1. The molecule has 2 heteroatoms. The van der Waals surface area contributed by atoms with Gasteiger partial charge in [0.1, 0.15) is 0 Å². The van der Waals surface area contributed by atoms with Gasteiger partial charge in [-0.2, -0.15) is 0 Å². The van der Waals surface area contributed by atoms with Crippen molar-refractivity contribution in [2.24, 2.45) is 0 Å². The van der Waals surface area contributed by atoms with Crippen LogP contribution in [0.5, 0.6) is 0 Å². The predicted octanol–water partition coefficient (Wildman–Crippen LogP) is 3.08. The summed E-state index contributed by atoms with van der Waals surface area (Å²) in [7, 11) is 0. The lowest BCUT2D eigenvalue weighted by molar-refractivity contribution is 0.949. The third-order valence-electron chi connectivity index (χ3n) is 3.34.